The molecule has 0 saturated heterocycles. The Morgan fingerprint density at radius 2 is 1.72 bits per heavy atom. The van der Waals surface area contributed by atoms with Gasteiger partial charge in [-0.3, -0.25) is 0 Å². The Balaban J connectivity index is 3.40. The predicted molar refractivity (Wildman–Crippen MR) is 74.2 cm³/mol. The largest absolute Gasteiger partial charge is 0.240 e. The molecule has 4 heteroatoms. The first kappa shape index (κ1) is 15.0. The highest BCUT2D eigenvalue weighted by Gasteiger charge is 2.21. The van der Waals surface area contributed by atoms with E-state index >= 15 is 0 Å². The van der Waals surface area contributed by atoms with E-state index in [1.807, 2.05) is 13.8 Å². The highest BCUT2D eigenvalue weighted by Crippen LogP contribution is 2.37. The lowest BCUT2D eigenvalue weighted by Gasteiger charge is -2.07. The topological polar surface area (TPSA) is 12.9 Å². The van der Waals surface area contributed by atoms with Crippen molar-refractivity contribution in [3.8, 4) is 0 Å². The van der Waals surface area contributed by atoms with Crippen molar-refractivity contribution in [2.45, 2.75) is 46.5 Å². The molecule has 0 unspecified atom stereocenters. The third kappa shape index (κ3) is 3.05. The Labute approximate surface area is 111 Å². The zero-order chi connectivity index (χ0) is 14.0. The average molecular weight is 271 g/mol. The van der Waals surface area contributed by atoms with Gasteiger partial charge in [-0.2, -0.15) is 0 Å². The third-order valence-corrected chi connectivity index (χ3v) is 3.97. The van der Waals surface area contributed by atoms with E-state index < -0.39 is 11.7 Å². The van der Waals surface area contributed by atoms with Gasteiger partial charge in [0.05, 0.1) is 11.3 Å². The molecule has 0 aliphatic heterocycles. The molecule has 0 aliphatic carbocycles. The van der Waals surface area contributed by atoms with E-state index in [-0.39, 0.29) is 11.5 Å². The Morgan fingerprint density at radius 1 is 1.17 bits per heavy atom. The minimum absolute atomic E-state index is 0.103. The summed E-state index contributed by atoms with van der Waals surface area (Å²) < 4.78 is 26.7. The number of aromatic nitrogens is 1. The van der Waals surface area contributed by atoms with Crippen molar-refractivity contribution in [1.29, 1.82) is 0 Å². The fourth-order valence-electron chi connectivity index (χ4n) is 1.73. The number of allylic oxidation sites excluding steroid dienone is 3. The maximum atomic E-state index is 13.4. The zero-order valence-electron chi connectivity index (χ0n) is 11.5. The van der Waals surface area contributed by atoms with Crippen molar-refractivity contribution in [2.24, 2.45) is 0 Å². The van der Waals surface area contributed by atoms with Crippen LogP contribution in [0.15, 0.2) is 18.2 Å². The van der Waals surface area contributed by atoms with Gasteiger partial charge in [-0.25, -0.2) is 13.8 Å². The summed E-state index contributed by atoms with van der Waals surface area (Å²) in [4.78, 5) is 5.48. The molecule has 0 N–H and O–H groups in total. The molecule has 1 aromatic rings. The van der Waals surface area contributed by atoms with E-state index in [2.05, 4.69) is 25.4 Å². The Morgan fingerprint density at radius 3 is 2.00 bits per heavy atom. The second-order valence-corrected chi connectivity index (χ2v) is 5.92. The maximum Gasteiger partial charge on any atom is 0.129 e. The molecule has 1 nitrogen and oxygen atoms in total. The Bertz CT molecular complexity index is 454. The molecular formula is C14H19F2NS. The smallest absolute Gasteiger partial charge is 0.129 e. The number of nitrogens with zero attached hydrogens (tertiary/aromatic N) is 1. The van der Waals surface area contributed by atoms with Crippen LogP contribution in [0.3, 0.4) is 0 Å². The minimum Gasteiger partial charge on any atom is -0.240 e. The second kappa shape index (κ2) is 5.74. The molecule has 0 amide bonds. The highest BCUT2D eigenvalue weighted by atomic mass is 32.1. The van der Waals surface area contributed by atoms with E-state index in [0.29, 0.717) is 10.9 Å². The molecule has 0 spiro atoms. The van der Waals surface area contributed by atoms with E-state index in [9.17, 15) is 8.78 Å². The number of halogens is 2. The van der Waals surface area contributed by atoms with Crippen LogP contribution in [0.4, 0.5) is 8.78 Å². The number of thiazole rings is 1. The fraction of sp³-hybridized carbons (Fsp3) is 0.500. The summed E-state index contributed by atoms with van der Waals surface area (Å²) in [6.45, 7) is 12.6. The molecule has 0 radical (unpaired) electrons. The average Bonchev–Trinajstić information content (AvgIpc) is 2.61. The summed E-state index contributed by atoms with van der Waals surface area (Å²) in [5.74, 6) is -0.819. The van der Waals surface area contributed by atoms with E-state index in [0.717, 1.165) is 10.6 Å². The van der Waals surface area contributed by atoms with Gasteiger partial charge >= 0.3 is 0 Å². The SMILES string of the molecule is C=C(F)/C(=C(\C)F)c1nc(C(C)C)c(C(C)C)s1. The molecule has 100 valence electrons. The van der Waals surface area contributed by atoms with Gasteiger partial charge in [0.1, 0.15) is 16.7 Å². The monoisotopic (exact) mass is 271 g/mol. The van der Waals surface area contributed by atoms with Crippen molar-refractivity contribution in [2.75, 3.05) is 0 Å². The molecular weight excluding hydrogens is 252 g/mol. The van der Waals surface area contributed by atoms with Crippen LogP contribution in [0, 0.1) is 0 Å². The van der Waals surface area contributed by atoms with Crippen LogP contribution < -0.4 is 0 Å². The lowest BCUT2D eigenvalue weighted by atomic mass is 10.0. The maximum absolute atomic E-state index is 13.4. The molecule has 0 bridgehead atoms. The van der Waals surface area contributed by atoms with Gasteiger partial charge in [-0.1, -0.05) is 34.3 Å². The van der Waals surface area contributed by atoms with Crippen molar-refractivity contribution < 1.29 is 8.78 Å². The summed E-state index contributed by atoms with van der Waals surface area (Å²) in [5.41, 5.74) is 0.818. The fourth-order valence-corrected chi connectivity index (χ4v) is 3.06. The summed E-state index contributed by atoms with van der Waals surface area (Å²) >= 11 is 1.35. The predicted octanol–water partition coefficient (Wildman–Crippen LogP) is 5.57. The minimum atomic E-state index is -0.769. The van der Waals surface area contributed by atoms with Crippen LogP contribution in [0.2, 0.25) is 0 Å². The summed E-state index contributed by atoms with van der Waals surface area (Å²) in [7, 11) is 0. The Hall–Kier alpha value is -1.03. The lowest BCUT2D eigenvalue weighted by molar-refractivity contribution is 0.624. The van der Waals surface area contributed by atoms with Gasteiger partial charge in [0.15, 0.2) is 0 Å². The third-order valence-electron chi connectivity index (χ3n) is 2.58. The van der Waals surface area contributed by atoms with Crippen molar-refractivity contribution in [3.63, 3.8) is 0 Å². The normalized spacial score (nSPS) is 13.2. The molecule has 0 saturated carbocycles. The van der Waals surface area contributed by atoms with E-state index in [4.69, 9.17) is 0 Å². The second-order valence-electron chi connectivity index (χ2n) is 4.89. The van der Waals surface area contributed by atoms with Crippen LogP contribution in [0.5, 0.6) is 0 Å². The van der Waals surface area contributed by atoms with Gasteiger partial charge in [0.25, 0.3) is 0 Å². The number of rotatable bonds is 4. The van der Waals surface area contributed by atoms with Gasteiger partial charge in [-0.15, -0.1) is 11.3 Å². The quantitative estimate of drug-likeness (QED) is 0.652. The molecule has 0 aromatic carbocycles. The highest BCUT2D eigenvalue weighted by molar-refractivity contribution is 7.13. The Kier molecular flexibility index (Phi) is 4.79. The van der Waals surface area contributed by atoms with Crippen LogP contribution in [0.25, 0.3) is 5.57 Å². The number of hydrogen-bond acceptors (Lipinski definition) is 2. The molecule has 1 aromatic heterocycles. The molecule has 0 fully saturated rings. The van der Waals surface area contributed by atoms with Gasteiger partial charge < -0.3 is 0 Å². The lowest BCUT2D eigenvalue weighted by Crippen LogP contribution is -1.95. The first-order chi connectivity index (χ1) is 8.25. The molecule has 0 aliphatic rings. The van der Waals surface area contributed by atoms with Crippen LogP contribution >= 0.6 is 11.3 Å². The molecule has 18 heavy (non-hydrogen) atoms. The van der Waals surface area contributed by atoms with Crippen LogP contribution in [-0.2, 0) is 0 Å². The summed E-state index contributed by atoms with van der Waals surface area (Å²) in [6.07, 6.45) is 0. The van der Waals surface area contributed by atoms with Gasteiger partial charge in [0, 0.05) is 4.88 Å². The first-order valence-corrected chi connectivity index (χ1v) is 6.79. The zero-order valence-corrected chi connectivity index (χ0v) is 12.3. The molecule has 0 atom stereocenters. The first-order valence-electron chi connectivity index (χ1n) is 5.97. The van der Waals surface area contributed by atoms with Crippen molar-refractivity contribution in [1.82, 2.24) is 4.98 Å². The van der Waals surface area contributed by atoms with E-state index in [1.54, 1.807) is 0 Å². The molecule has 1 heterocycles. The van der Waals surface area contributed by atoms with Crippen molar-refractivity contribution >= 4 is 16.9 Å². The number of hydrogen-bond donors (Lipinski definition) is 0. The standard InChI is InChI=1S/C14H19F2NS/c1-7(2)12-13(8(3)4)18-14(17-12)11(9(5)15)10(6)16/h7-8H,5H2,1-4,6H3/b11-10-. The van der Waals surface area contributed by atoms with Crippen LogP contribution in [0.1, 0.15) is 62.0 Å². The van der Waals surface area contributed by atoms with Crippen molar-refractivity contribution in [3.05, 3.63) is 33.8 Å². The van der Waals surface area contributed by atoms with E-state index in [1.165, 1.54) is 18.3 Å². The van der Waals surface area contributed by atoms with Gasteiger partial charge in [0.2, 0.25) is 0 Å². The summed E-state index contributed by atoms with van der Waals surface area (Å²) in [6, 6.07) is 0. The molecule has 1 rings (SSSR count). The summed E-state index contributed by atoms with van der Waals surface area (Å²) in [5, 5.41) is 0.384. The van der Waals surface area contributed by atoms with Crippen LogP contribution in [-0.4, -0.2) is 4.98 Å². The van der Waals surface area contributed by atoms with Gasteiger partial charge in [-0.05, 0) is 18.8 Å².